The topological polar surface area (TPSA) is 112 Å². The van der Waals surface area contributed by atoms with Crippen LogP contribution in [0.1, 0.15) is 79.6 Å². The van der Waals surface area contributed by atoms with E-state index >= 15 is 0 Å². The molecule has 41 heavy (non-hydrogen) atoms. The summed E-state index contributed by atoms with van der Waals surface area (Å²) in [6, 6.07) is 0. The molecule has 0 aromatic carbocycles. The maximum absolute atomic E-state index is 13.8. The zero-order valence-corrected chi connectivity index (χ0v) is 25.4. The summed E-state index contributed by atoms with van der Waals surface area (Å²) in [5, 5.41) is 19.0. The molecule has 1 aliphatic carbocycles. The Kier molecular flexibility index (Phi) is 10.1. The summed E-state index contributed by atoms with van der Waals surface area (Å²) in [5.41, 5.74) is 0.421. The van der Waals surface area contributed by atoms with Gasteiger partial charge >= 0.3 is 5.97 Å². The molecular weight excluding hydrogens is 524 g/mol. The van der Waals surface area contributed by atoms with Gasteiger partial charge in [-0.15, -0.1) is 0 Å². The molecule has 3 saturated heterocycles. The lowest BCUT2D eigenvalue weighted by molar-refractivity contribution is -0.335. The molecule has 0 aromatic rings. The van der Waals surface area contributed by atoms with Crippen molar-refractivity contribution in [3.63, 3.8) is 0 Å². The monoisotopic (exact) mass is 572 g/mol. The average molecular weight is 573 g/mol. The van der Waals surface area contributed by atoms with Crippen LogP contribution in [0.25, 0.3) is 0 Å². The number of ketones is 1. The van der Waals surface area contributed by atoms with E-state index in [1.54, 1.807) is 19.1 Å². The van der Waals surface area contributed by atoms with Crippen LogP contribution in [0.2, 0.25) is 0 Å². The molecule has 1 spiro atoms. The number of Topliss-reactive ketones (excluding diaryl/α,β-unsaturated/α-hetero) is 1. The van der Waals surface area contributed by atoms with Crippen LogP contribution >= 0.6 is 0 Å². The quantitative estimate of drug-likeness (QED) is 0.342. The van der Waals surface area contributed by atoms with Crippen molar-refractivity contribution in [1.82, 2.24) is 0 Å². The number of aliphatic hydroxyl groups excluding tert-OH is 1. The Hall–Kier alpha value is -2.10. The number of ether oxygens (including phenoxy) is 4. The molecule has 3 fully saturated rings. The summed E-state index contributed by atoms with van der Waals surface area (Å²) in [4.78, 5) is 26.8. The molecule has 5 rings (SSSR count). The molecule has 2 bridgehead atoms. The fourth-order valence-electron chi connectivity index (χ4n) is 7.07. The first-order valence-electron chi connectivity index (χ1n) is 15.2. The zero-order valence-electron chi connectivity index (χ0n) is 25.4. The number of aliphatic hydroxyl groups is 2. The molecule has 0 amide bonds. The minimum Gasteiger partial charge on any atom is -0.462 e. The van der Waals surface area contributed by atoms with Crippen LogP contribution in [0.4, 0.5) is 0 Å². The fraction of sp³-hybridized carbons (Fsp3) is 0.697. The Balaban J connectivity index is 0.00000189. The van der Waals surface area contributed by atoms with Crippen molar-refractivity contribution in [3.05, 3.63) is 47.1 Å². The second kappa shape index (κ2) is 13.0. The highest BCUT2D eigenvalue weighted by molar-refractivity contribution is 6.03. The first-order chi connectivity index (χ1) is 19.5. The van der Waals surface area contributed by atoms with Crippen molar-refractivity contribution < 1.29 is 38.7 Å². The molecule has 0 saturated carbocycles. The summed E-state index contributed by atoms with van der Waals surface area (Å²) >= 11 is 0. The van der Waals surface area contributed by atoms with Gasteiger partial charge in [0, 0.05) is 26.4 Å². The SMILES string of the molecule is CC[C@H]1O[C@]2(CC[C@@H]1C)C[C@@H]1C[C@@H](C/C=C(\C)C[C@@H](C)/C=C/C=C3\CO[C@@H]4C(=O)C(C)=C[C@@H](C(=O)O1)[C@]34O)O2.CO. The third kappa shape index (κ3) is 6.47. The van der Waals surface area contributed by atoms with Crippen LogP contribution < -0.4 is 0 Å². The van der Waals surface area contributed by atoms with Crippen molar-refractivity contribution in [1.29, 1.82) is 0 Å². The number of hydrogen-bond donors (Lipinski definition) is 2. The van der Waals surface area contributed by atoms with Gasteiger partial charge in [0.25, 0.3) is 0 Å². The highest BCUT2D eigenvalue weighted by atomic mass is 16.7. The molecule has 4 heterocycles. The Morgan fingerprint density at radius 2 is 1.85 bits per heavy atom. The Morgan fingerprint density at radius 3 is 2.59 bits per heavy atom. The van der Waals surface area contributed by atoms with E-state index in [2.05, 4.69) is 39.8 Å². The number of carbonyl (C=O) groups is 2. The summed E-state index contributed by atoms with van der Waals surface area (Å²) in [6.45, 7) is 10.4. The van der Waals surface area contributed by atoms with E-state index in [1.807, 2.05) is 6.08 Å². The van der Waals surface area contributed by atoms with Crippen LogP contribution in [0.5, 0.6) is 0 Å². The van der Waals surface area contributed by atoms with E-state index in [0.717, 1.165) is 32.8 Å². The van der Waals surface area contributed by atoms with Crippen LogP contribution in [0, 0.1) is 17.8 Å². The molecule has 228 valence electrons. The van der Waals surface area contributed by atoms with Gasteiger partial charge in [-0.25, -0.2) is 0 Å². The van der Waals surface area contributed by atoms with E-state index in [4.69, 9.17) is 24.1 Å². The van der Waals surface area contributed by atoms with Crippen LogP contribution in [0.3, 0.4) is 0 Å². The van der Waals surface area contributed by atoms with E-state index < -0.39 is 35.5 Å². The van der Waals surface area contributed by atoms with Crippen molar-refractivity contribution in [2.24, 2.45) is 17.8 Å². The van der Waals surface area contributed by atoms with Gasteiger partial charge in [-0.2, -0.15) is 0 Å². The van der Waals surface area contributed by atoms with Gasteiger partial charge in [-0.05, 0) is 62.5 Å². The molecule has 5 aliphatic rings. The fourth-order valence-corrected chi connectivity index (χ4v) is 7.07. The standard InChI is InChI=1S/C32H44O7.CH4O/c1-6-27-21(4)12-13-31(39-27)17-25-16-24(38-31)11-10-20(3)14-19(2)8-7-9-23-18-36-29-28(33)22(5)15-26(30(34)37-25)32(23,29)35;1-2/h7-10,15,19,21,24-27,29,35H,6,11-14,16-18H2,1-5H3;2H,1H3/b8-7+,20-10+,23-9+;/t19-,21-,24+,25-,26-,27+,29+,31+,32+;/m0./s1. The van der Waals surface area contributed by atoms with Gasteiger partial charge in [0.05, 0.1) is 18.8 Å². The van der Waals surface area contributed by atoms with Gasteiger partial charge in [0.2, 0.25) is 0 Å². The Morgan fingerprint density at radius 1 is 1.10 bits per heavy atom. The Labute approximate surface area is 244 Å². The maximum atomic E-state index is 13.8. The predicted molar refractivity (Wildman–Crippen MR) is 155 cm³/mol. The second-order valence-electron chi connectivity index (χ2n) is 12.5. The number of carbonyl (C=O) groups excluding carboxylic acids is 2. The van der Waals surface area contributed by atoms with Crippen molar-refractivity contribution in [2.75, 3.05) is 13.7 Å². The minimum atomic E-state index is -1.78. The van der Waals surface area contributed by atoms with E-state index in [0.29, 0.717) is 36.3 Å². The molecule has 0 unspecified atom stereocenters. The Bertz CT molecular complexity index is 1100. The van der Waals surface area contributed by atoms with Crippen LogP contribution in [-0.4, -0.2) is 71.5 Å². The third-order valence-corrected chi connectivity index (χ3v) is 9.31. The van der Waals surface area contributed by atoms with Crippen molar-refractivity contribution in [2.45, 2.75) is 115 Å². The van der Waals surface area contributed by atoms with Gasteiger partial charge in [0.1, 0.15) is 17.6 Å². The van der Waals surface area contributed by atoms with Crippen molar-refractivity contribution >= 4 is 11.8 Å². The highest BCUT2D eigenvalue weighted by Gasteiger charge is 2.60. The largest absolute Gasteiger partial charge is 0.462 e. The van der Waals surface area contributed by atoms with Crippen molar-refractivity contribution in [3.8, 4) is 0 Å². The van der Waals surface area contributed by atoms with Gasteiger partial charge in [-0.1, -0.05) is 56.7 Å². The summed E-state index contributed by atoms with van der Waals surface area (Å²) < 4.78 is 25.3. The first-order valence-corrected chi connectivity index (χ1v) is 15.2. The number of allylic oxidation sites excluding steroid dienone is 4. The highest BCUT2D eigenvalue weighted by Crippen LogP contribution is 2.46. The lowest BCUT2D eigenvalue weighted by Gasteiger charge is -2.49. The molecule has 8 nitrogen and oxygen atoms in total. The summed E-state index contributed by atoms with van der Waals surface area (Å²) in [6.07, 6.45) is 13.2. The molecule has 0 aromatic heterocycles. The number of esters is 1. The predicted octanol–water partition coefficient (Wildman–Crippen LogP) is 4.74. The summed E-state index contributed by atoms with van der Waals surface area (Å²) in [5.74, 6) is -1.95. The molecule has 4 aliphatic heterocycles. The number of fused-ring (bicyclic) bond motifs is 2. The smallest absolute Gasteiger partial charge is 0.316 e. The molecule has 0 radical (unpaired) electrons. The zero-order chi connectivity index (χ0) is 29.9. The molecule has 2 N–H and O–H groups in total. The maximum Gasteiger partial charge on any atom is 0.316 e. The normalized spacial score (nSPS) is 44.7. The van der Waals surface area contributed by atoms with Gasteiger partial charge in [0.15, 0.2) is 17.7 Å². The molecule has 8 heteroatoms. The lowest BCUT2D eigenvalue weighted by atomic mass is 9.71. The van der Waals surface area contributed by atoms with Crippen LogP contribution in [0.15, 0.2) is 47.1 Å². The first kappa shape index (κ1) is 31.8. The summed E-state index contributed by atoms with van der Waals surface area (Å²) in [7, 11) is 1.00. The average Bonchev–Trinajstić information content (AvgIpc) is 3.28. The molecular formula is C33H48O8. The van der Waals surface area contributed by atoms with Crippen LogP contribution in [-0.2, 0) is 28.5 Å². The van der Waals surface area contributed by atoms with E-state index in [9.17, 15) is 14.7 Å². The minimum absolute atomic E-state index is 0.0857. The third-order valence-electron chi connectivity index (χ3n) is 9.31. The van der Waals surface area contributed by atoms with Gasteiger partial charge in [-0.3, -0.25) is 9.59 Å². The number of hydrogen-bond acceptors (Lipinski definition) is 8. The number of rotatable bonds is 1. The lowest BCUT2D eigenvalue weighted by Crippen LogP contribution is -2.57. The second-order valence-corrected chi connectivity index (χ2v) is 12.5. The molecule has 9 atom stereocenters. The van der Waals surface area contributed by atoms with Gasteiger partial charge < -0.3 is 29.2 Å². The van der Waals surface area contributed by atoms with E-state index in [-0.39, 0.29) is 30.5 Å². The van der Waals surface area contributed by atoms with E-state index in [1.165, 1.54) is 5.57 Å².